The van der Waals surface area contributed by atoms with Crippen LogP contribution in [0.25, 0.3) is 5.65 Å². The first-order valence-corrected chi connectivity index (χ1v) is 3.39. The van der Waals surface area contributed by atoms with Crippen molar-refractivity contribution >= 4 is 5.65 Å². The van der Waals surface area contributed by atoms with Gasteiger partial charge in [0.1, 0.15) is 11.7 Å². The maximum atomic E-state index is 9.18. The number of hydrogen-bond acceptors (Lipinski definition) is 3. The lowest BCUT2D eigenvalue weighted by molar-refractivity contribution is 0.455. The Labute approximate surface area is 68.3 Å². The van der Waals surface area contributed by atoms with Crippen molar-refractivity contribution in [2.75, 3.05) is 0 Å². The Bertz CT molecular complexity index is 467. The average molecular weight is 159 g/mol. The quantitative estimate of drug-likeness (QED) is 0.621. The molecule has 0 aliphatic rings. The Balaban J connectivity index is 2.93. The van der Waals surface area contributed by atoms with Gasteiger partial charge < -0.3 is 5.11 Å². The van der Waals surface area contributed by atoms with E-state index in [1.54, 1.807) is 24.4 Å². The van der Waals surface area contributed by atoms with Gasteiger partial charge in [-0.15, -0.1) is 0 Å². The number of rotatable bonds is 0. The molecule has 2 heterocycles. The molecule has 0 bridgehead atoms. The van der Waals surface area contributed by atoms with Crippen LogP contribution in [-0.4, -0.2) is 14.5 Å². The van der Waals surface area contributed by atoms with Gasteiger partial charge in [-0.3, -0.25) is 4.40 Å². The predicted molar refractivity (Wildman–Crippen MR) is 41.6 cm³/mol. The standard InChI is InChI=1S/C8H5N3O/c9-5-6-8(12)10-7-3-1-2-4-11(6)7/h1-4,12H. The molecule has 0 spiro atoms. The summed E-state index contributed by atoms with van der Waals surface area (Å²) in [6.45, 7) is 0. The van der Waals surface area contributed by atoms with E-state index in [2.05, 4.69) is 4.98 Å². The summed E-state index contributed by atoms with van der Waals surface area (Å²) in [7, 11) is 0. The van der Waals surface area contributed by atoms with Gasteiger partial charge >= 0.3 is 0 Å². The van der Waals surface area contributed by atoms with Crippen molar-refractivity contribution in [3.05, 3.63) is 30.1 Å². The second-order valence-corrected chi connectivity index (χ2v) is 2.32. The lowest BCUT2D eigenvalue weighted by Crippen LogP contribution is -1.85. The fourth-order valence-electron chi connectivity index (χ4n) is 1.09. The van der Waals surface area contributed by atoms with Gasteiger partial charge in [0.25, 0.3) is 0 Å². The molecule has 0 aromatic carbocycles. The molecule has 0 unspecified atom stereocenters. The zero-order valence-electron chi connectivity index (χ0n) is 6.10. The highest BCUT2D eigenvalue weighted by Gasteiger charge is 2.08. The molecular weight excluding hydrogens is 154 g/mol. The average Bonchev–Trinajstić information content (AvgIpc) is 2.40. The Morgan fingerprint density at radius 3 is 3.08 bits per heavy atom. The molecule has 0 saturated heterocycles. The summed E-state index contributed by atoms with van der Waals surface area (Å²) in [5.74, 6) is -0.219. The van der Waals surface area contributed by atoms with Crippen molar-refractivity contribution in [1.29, 1.82) is 5.26 Å². The maximum absolute atomic E-state index is 9.18. The Morgan fingerprint density at radius 1 is 1.50 bits per heavy atom. The van der Waals surface area contributed by atoms with Crippen LogP contribution in [0.15, 0.2) is 24.4 Å². The molecule has 4 nitrogen and oxygen atoms in total. The summed E-state index contributed by atoms with van der Waals surface area (Å²) < 4.78 is 1.54. The second kappa shape index (κ2) is 2.24. The third-order valence-electron chi connectivity index (χ3n) is 1.62. The van der Waals surface area contributed by atoms with Crippen LogP contribution in [0.3, 0.4) is 0 Å². The van der Waals surface area contributed by atoms with E-state index in [9.17, 15) is 5.11 Å². The number of hydrogen-bond donors (Lipinski definition) is 1. The van der Waals surface area contributed by atoms with Crippen molar-refractivity contribution in [3.63, 3.8) is 0 Å². The van der Waals surface area contributed by atoms with Crippen LogP contribution in [0, 0.1) is 11.3 Å². The molecule has 0 aliphatic heterocycles. The van der Waals surface area contributed by atoms with E-state index in [4.69, 9.17) is 5.26 Å². The molecule has 2 rings (SSSR count). The van der Waals surface area contributed by atoms with E-state index in [1.165, 1.54) is 4.40 Å². The molecule has 4 heteroatoms. The molecule has 0 aliphatic carbocycles. The summed E-state index contributed by atoms with van der Waals surface area (Å²) in [6.07, 6.45) is 1.68. The summed E-state index contributed by atoms with van der Waals surface area (Å²) in [5, 5.41) is 17.8. The van der Waals surface area contributed by atoms with Crippen molar-refractivity contribution in [1.82, 2.24) is 9.38 Å². The molecule has 58 valence electrons. The minimum Gasteiger partial charge on any atom is -0.491 e. The first-order valence-electron chi connectivity index (χ1n) is 3.39. The lowest BCUT2D eigenvalue weighted by Gasteiger charge is -1.89. The predicted octanol–water partition coefficient (Wildman–Crippen LogP) is 0.912. The van der Waals surface area contributed by atoms with Crippen molar-refractivity contribution < 1.29 is 5.11 Å². The van der Waals surface area contributed by atoms with Crippen molar-refractivity contribution in [2.45, 2.75) is 0 Å². The van der Waals surface area contributed by atoms with Crippen molar-refractivity contribution in [2.24, 2.45) is 0 Å². The fourth-order valence-corrected chi connectivity index (χ4v) is 1.09. The Kier molecular flexibility index (Phi) is 1.25. The molecule has 0 saturated carbocycles. The monoisotopic (exact) mass is 159 g/mol. The van der Waals surface area contributed by atoms with Crippen LogP contribution in [-0.2, 0) is 0 Å². The first-order chi connectivity index (χ1) is 5.83. The molecule has 0 radical (unpaired) electrons. The van der Waals surface area contributed by atoms with E-state index in [-0.39, 0.29) is 11.6 Å². The van der Waals surface area contributed by atoms with Crippen molar-refractivity contribution in [3.8, 4) is 11.9 Å². The summed E-state index contributed by atoms with van der Waals surface area (Å²) >= 11 is 0. The van der Waals surface area contributed by atoms with Gasteiger partial charge in [0.2, 0.25) is 5.88 Å². The highest BCUT2D eigenvalue weighted by molar-refractivity contribution is 5.49. The van der Waals surface area contributed by atoms with Crippen LogP contribution >= 0.6 is 0 Å². The smallest absolute Gasteiger partial charge is 0.249 e. The topological polar surface area (TPSA) is 61.3 Å². The Hall–Kier alpha value is -2.02. The van der Waals surface area contributed by atoms with Crippen LogP contribution in [0.1, 0.15) is 5.69 Å². The van der Waals surface area contributed by atoms with E-state index >= 15 is 0 Å². The summed E-state index contributed by atoms with van der Waals surface area (Å²) in [6, 6.07) is 7.16. The maximum Gasteiger partial charge on any atom is 0.249 e. The van der Waals surface area contributed by atoms with Gasteiger partial charge in [0.15, 0.2) is 5.69 Å². The lowest BCUT2D eigenvalue weighted by atomic mass is 10.4. The van der Waals surface area contributed by atoms with E-state index in [0.29, 0.717) is 5.65 Å². The molecule has 0 amide bonds. The zero-order chi connectivity index (χ0) is 8.55. The number of aromatic hydroxyl groups is 1. The minimum absolute atomic E-state index is 0.172. The molecule has 0 atom stereocenters. The van der Waals surface area contributed by atoms with Gasteiger partial charge in [-0.2, -0.15) is 10.2 Å². The van der Waals surface area contributed by atoms with E-state index in [1.807, 2.05) is 6.07 Å². The van der Waals surface area contributed by atoms with Gasteiger partial charge in [-0.25, -0.2) is 0 Å². The largest absolute Gasteiger partial charge is 0.491 e. The highest BCUT2D eigenvalue weighted by Crippen LogP contribution is 2.16. The number of aromatic nitrogens is 2. The molecule has 1 N–H and O–H groups in total. The van der Waals surface area contributed by atoms with Gasteiger partial charge in [-0.05, 0) is 12.1 Å². The number of nitrogens with zero attached hydrogens (tertiary/aromatic N) is 3. The Morgan fingerprint density at radius 2 is 2.33 bits per heavy atom. The second-order valence-electron chi connectivity index (χ2n) is 2.32. The van der Waals surface area contributed by atoms with Gasteiger partial charge in [0.05, 0.1) is 0 Å². The van der Waals surface area contributed by atoms with Crippen LogP contribution in [0.4, 0.5) is 0 Å². The van der Waals surface area contributed by atoms with E-state index in [0.717, 1.165) is 0 Å². The molecule has 12 heavy (non-hydrogen) atoms. The SMILES string of the molecule is N#Cc1c(O)nc2ccccn12. The van der Waals surface area contributed by atoms with Crippen LogP contribution in [0.5, 0.6) is 5.88 Å². The van der Waals surface area contributed by atoms with Gasteiger partial charge in [-0.1, -0.05) is 6.07 Å². The number of nitriles is 1. The number of imidazole rings is 1. The molecular formula is C8H5N3O. The fraction of sp³-hybridized carbons (Fsp3) is 0. The molecule has 2 aromatic rings. The third kappa shape index (κ3) is 0.736. The number of fused-ring (bicyclic) bond motifs is 1. The summed E-state index contributed by atoms with van der Waals surface area (Å²) in [4.78, 5) is 3.78. The van der Waals surface area contributed by atoms with Crippen LogP contribution < -0.4 is 0 Å². The van der Waals surface area contributed by atoms with Crippen LogP contribution in [0.2, 0.25) is 0 Å². The highest BCUT2D eigenvalue weighted by atomic mass is 16.3. The van der Waals surface area contributed by atoms with E-state index < -0.39 is 0 Å². The number of pyridine rings is 1. The first kappa shape index (κ1) is 6.68. The zero-order valence-corrected chi connectivity index (χ0v) is 6.10. The van der Waals surface area contributed by atoms with Gasteiger partial charge in [0, 0.05) is 6.20 Å². The molecule has 2 aromatic heterocycles. The minimum atomic E-state index is -0.219. The normalized spacial score (nSPS) is 9.92. The molecule has 0 fully saturated rings. The third-order valence-corrected chi connectivity index (χ3v) is 1.62. The summed E-state index contributed by atoms with van der Waals surface area (Å²) in [5.41, 5.74) is 0.747.